The summed E-state index contributed by atoms with van der Waals surface area (Å²) in [6.45, 7) is 1.88. The summed E-state index contributed by atoms with van der Waals surface area (Å²) in [5, 5.41) is 11.8. The van der Waals surface area contributed by atoms with Crippen molar-refractivity contribution in [3.05, 3.63) is 0 Å². The molecule has 2 rings (SSSR count). The molecule has 2 fully saturated rings. The fraction of sp³-hybridized carbons (Fsp3) is 0.846. The zero-order valence-electron chi connectivity index (χ0n) is 10.7. The van der Waals surface area contributed by atoms with Gasteiger partial charge in [-0.05, 0) is 25.2 Å². The van der Waals surface area contributed by atoms with E-state index in [-0.39, 0.29) is 11.9 Å². The Bertz CT molecular complexity index is 307. The number of rotatable bonds is 4. The van der Waals surface area contributed by atoms with Crippen molar-refractivity contribution in [2.24, 2.45) is 11.8 Å². The van der Waals surface area contributed by atoms with Crippen LogP contribution in [0.3, 0.4) is 0 Å². The topological polar surface area (TPSA) is 69.6 Å². The summed E-state index contributed by atoms with van der Waals surface area (Å²) in [7, 11) is 0. The van der Waals surface area contributed by atoms with Crippen molar-refractivity contribution in [2.75, 3.05) is 19.6 Å². The SMILES string of the molecule is O=C(O)C1CCN(C(=O)NCCC2CCC2)CC1. The van der Waals surface area contributed by atoms with E-state index in [1.165, 1.54) is 19.3 Å². The lowest BCUT2D eigenvalue weighted by atomic mass is 9.83. The maximum atomic E-state index is 11.8. The van der Waals surface area contributed by atoms with Gasteiger partial charge in [0.25, 0.3) is 0 Å². The van der Waals surface area contributed by atoms with Gasteiger partial charge in [-0.15, -0.1) is 0 Å². The highest BCUT2D eigenvalue weighted by atomic mass is 16.4. The van der Waals surface area contributed by atoms with Gasteiger partial charge < -0.3 is 15.3 Å². The van der Waals surface area contributed by atoms with Gasteiger partial charge in [0.15, 0.2) is 0 Å². The molecule has 0 bridgehead atoms. The molecule has 1 heterocycles. The van der Waals surface area contributed by atoms with Gasteiger partial charge in [0.1, 0.15) is 0 Å². The molecule has 0 atom stereocenters. The highest BCUT2D eigenvalue weighted by Crippen LogP contribution is 2.28. The van der Waals surface area contributed by atoms with Crippen LogP contribution in [0.1, 0.15) is 38.5 Å². The van der Waals surface area contributed by atoms with Crippen LogP contribution in [0, 0.1) is 11.8 Å². The Morgan fingerprint density at radius 2 is 1.83 bits per heavy atom. The first kappa shape index (κ1) is 13.2. The zero-order valence-corrected chi connectivity index (χ0v) is 10.7. The number of piperidine rings is 1. The first-order valence-corrected chi connectivity index (χ1v) is 6.92. The van der Waals surface area contributed by atoms with Crippen molar-refractivity contribution in [1.82, 2.24) is 10.2 Å². The molecule has 18 heavy (non-hydrogen) atoms. The Balaban J connectivity index is 1.62. The van der Waals surface area contributed by atoms with Crippen molar-refractivity contribution in [2.45, 2.75) is 38.5 Å². The lowest BCUT2D eigenvalue weighted by Crippen LogP contribution is -2.46. The summed E-state index contributed by atoms with van der Waals surface area (Å²) >= 11 is 0. The van der Waals surface area contributed by atoms with Crippen LogP contribution >= 0.6 is 0 Å². The monoisotopic (exact) mass is 254 g/mol. The quantitative estimate of drug-likeness (QED) is 0.802. The Morgan fingerprint density at radius 3 is 2.33 bits per heavy atom. The Morgan fingerprint density at radius 1 is 1.17 bits per heavy atom. The molecule has 1 saturated carbocycles. The van der Waals surface area contributed by atoms with E-state index < -0.39 is 5.97 Å². The number of nitrogens with one attached hydrogen (secondary N) is 1. The maximum absolute atomic E-state index is 11.8. The predicted octanol–water partition coefficient (Wildman–Crippen LogP) is 1.68. The van der Waals surface area contributed by atoms with E-state index in [4.69, 9.17) is 5.11 Å². The van der Waals surface area contributed by atoms with Crippen molar-refractivity contribution in [3.63, 3.8) is 0 Å². The first-order valence-electron chi connectivity index (χ1n) is 6.92. The van der Waals surface area contributed by atoms with Gasteiger partial charge in [-0.1, -0.05) is 19.3 Å². The molecular formula is C13H22N2O3. The zero-order chi connectivity index (χ0) is 13.0. The van der Waals surface area contributed by atoms with Crippen LogP contribution in [-0.4, -0.2) is 41.6 Å². The van der Waals surface area contributed by atoms with Crippen molar-refractivity contribution >= 4 is 12.0 Å². The van der Waals surface area contributed by atoms with Gasteiger partial charge in [0.2, 0.25) is 0 Å². The van der Waals surface area contributed by atoms with Crippen LogP contribution in [-0.2, 0) is 4.79 Å². The minimum Gasteiger partial charge on any atom is -0.481 e. The second kappa shape index (κ2) is 6.07. The number of amides is 2. The fourth-order valence-electron chi connectivity index (χ4n) is 2.61. The van der Waals surface area contributed by atoms with Crippen molar-refractivity contribution in [3.8, 4) is 0 Å². The average molecular weight is 254 g/mol. The van der Waals surface area contributed by atoms with Gasteiger partial charge in [-0.25, -0.2) is 4.79 Å². The summed E-state index contributed by atoms with van der Waals surface area (Å²) in [5.41, 5.74) is 0. The molecule has 2 aliphatic rings. The van der Waals surface area contributed by atoms with E-state index in [0.717, 1.165) is 18.9 Å². The number of nitrogens with zero attached hydrogens (tertiary/aromatic N) is 1. The minimum absolute atomic E-state index is 0.0295. The summed E-state index contributed by atoms with van der Waals surface area (Å²) in [6, 6.07) is -0.0295. The Kier molecular flexibility index (Phi) is 4.44. The number of carboxylic acids is 1. The minimum atomic E-state index is -0.736. The summed E-state index contributed by atoms with van der Waals surface area (Å²) in [6.07, 6.45) is 6.18. The summed E-state index contributed by atoms with van der Waals surface area (Å²) in [5.74, 6) is -0.202. The molecule has 1 aliphatic carbocycles. The molecule has 1 aliphatic heterocycles. The van der Waals surface area contributed by atoms with Crippen LogP contribution in [0.2, 0.25) is 0 Å². The summed E-state index contributed by atoms with van der Waals surface area (Å²) < 4.78 is 0. The molecule has 2 N–H and O–H groups in total. The molecule has 102 valence electrons. The number of carbonyl (C=O) groups is 2. The van der Waals surface area contributed by atoms with E-state index in [9.17, 15) is 9.59 Å². The molecule has 1 saturated heterocycles. The van der Waals surface area contributed by atoms with Crippen molar-refractivity contribution < 1.29 is 14.7 Å². The largest absolute Gasteiger partial charge is 0.481 e. The predicted molar refractivity (Wildman–Crippen MR) is 67.3 cm³/mol. The highest BCUT2D eigenvalue weighted by molar-refractivity contribution is 5.75. The van der Waals surface area contributed by atoms with Gasteiger partial charge in [-0.3, -0.25) is 4.79 Å². The third-order valence-electron chi connectivity index (χ3n) is 4.18. The molecule has 0 unspecified atom stereocenters. The second-order valence-electron chi connectivity index (χ2n) is 5.42. The molecule has 0 radical (unpaired) electrons. The van der Waals surface area contributed by atoms with Gasteiger partial charge in [-0.2, -0.15) is 0 Å². The van der Waals surface area contributed by atoms with E-state index in [1.807, 2.05) is 0 Å². The van der Waals surface area contributed by atoms with Gasteiger partial charge >= 0.3 is 12.0 Å². The van der Waals surface area contributed by atoms with Crippen LogP contribution < -0.4 is 5.32 Å². The number of hydrogen-bond acceptors (Lipinski definition) is 2. The van der Waals surface area contributed by atoms with Gasteiger partial charge in [0.05, 0.1) is 5.92 Å². The number of urea groups is 1. The second-order valence-corrected chi connectivity index (χ2v) is 5.42. The van der Waals surface area contributed by atoms with E-state index in [0.29, 0.717) is 25.9 Å². The van der Waals surface area contributed by atoms with E-state index >= 15 is 0 Å². The molecule has 2 amide bonds. The molecular weight excluding hydrogens is 232 g/mol. The van der Waals surface area contributed by atoms with Crippen LogP contribution in [0.25, 0.3) is 0 Å². The molecule has 0 aromatic carbocycles. The highest BCUT2D eigenvalue weighted by Gasteiger charge is 2.27. The maximum Gasteiger partial charge on any atom is 0.317 e. The number of carbonyl (C=O) groups excluding carboxylic acids is 1. The Hall–Kier alpha value is -1.26. The molecule has 5 heteroatoms. The van der Waals surface area contributed by atoms with Crippen LogP contribution in [0.15, 0.2) is 0 Å². The van der Waals surface area contributed by atoms with Gasteiger partial charge in [0, 0.05) is 19.6 Å². The first-order chi connectivity index (χ1) is 8.66. The lowest BCUT2D eigenvalue weighted by Gasteiger charge is -2.31. The van der Waals surface area contributed by atoms with Crippen LogP contribution in [0.4, 0.5) is 4.79 Å². The van der Waals surface area contributed by atoms with Crippen molar-refractivity contribution in [1.29, 1.82) is 0 Å². The fourth-order valence-corrected chi connectivity index (χ4v) is 2.61. The van der Waals surface area contributed by atoms with Crippen LogP contribution in [0.5, 0.6) is 0 Å². The normalized spacial score (nSPS) is 21.4. The number of hydrogen-bond donors (Lipinski definition) is 2. The molecule has 0 spiro atoms. The number of likely N-dealkylation sites (tertiary alicyclic amines) is 1. The van der Waals surface area contributed by atoms with E-state index in [2.05, 4.69) is 5.32 Å². The lowest BCUT2D eigenvalue weighted by molar-refractivity contribution is -0.143. The standard InChI is InChI=1S/C13H22N2O3/c16-12(17)11-5-8-15(9-6-11)13(18)14-7-4-10-2-1-3-10/h10-11H,1-9H2,(H,14,18)(H,16,17). The third kappa shape index (κ3) is 3.37. The number of aliphatic carboxylic acids is 1. The summed E-state index contributed by atoms with van der Waals surface area (Å²) in [4.78, 5) is 24.4. The average Bonchev–Trinajstić information content (AvgIpc) is 2.32. The number of carboxylic acid groups (broad SMARTS) is 1. The van der Waals surface area contributed by atoms with E-state index in [1.54, 1.807) is 4.90 Å². The third-order valence-corrected chi connectivity index (χ3v) is 4.18. The smallest absolute Gasteiger partial charge is 0.317 e. The molecule has 5 nitrogen and oxygen atoms in total. The molecule has 0 aromatic heterocycles. The molecule has 0 aromatic rings. The Labute approximate surface area is 108 Å².